The van der Waals surface area contributed by atoms with Gasteiger partial charge in [-0.15, -0.1) is 12.4 Å². The van der Waals surface area contributed by atoms with E-state index in [4.69, 9.17) is 5.26 Å². The van der Waals surface area contributed by atoms with Crippen LogP contribution in [0.5, 0.6) is 0 Å². The van der Waals surface area contributed by atoms with Crippen molar-refractivity contribution in [3.05, 3.63) is 29.8 Å². The van der Waals surface area contributed by atoms with E-state index in [0.717, 1.165) is 18.5 Å². The zero-order valence-electron chi connectivity index (χ0n) is 7.16. The highest BCUT2D eigenvalue weighted by Crippen LogP contribution is 2.23. The lowest BCUT2D eigenvalue weighted by Crippen LogP contribution is -2.23. The molecule has 0 saturated heterocycles. The first-order valence-corrected chi connectivity index (χ1v) is 4.14. The van der Waals surface area contributed by atoms with Crippen molar-refractivity contribution in [1.29, 1.82) is 5.26 Å². The lowest BCUT2D eigenvalue weighted by Gasteiger charge is -2.21. The summed E-state index contributed by atoms with van der Waals surface area (Å²) in [4.78, 5) is 0. The molecule has 1 aromatic carbocycles. The van der Waals surface area contributed by atoms with Crippen molar-refractivity contribution in [2.75, 3.05) is 5.32 Å². The van der Waals surface area contributed by atoms with Crippen molar-refractivity contribution in [2.45, 2.75) is 18.9 Å². The van der Waals surface area contributed by atoms with Gasteiger partial charge in [-0.05, 0) is 24.5 Å². The van der Waals surface area contributed by atoms with Crippen molar-refractivity contribution in [2.24, 2.45) is 0 Å². The highest BCUT2D eigenvalue weighted by Gasteiger charge is 2.15. The van der Waals surface area contributed by atoms with Gasteiger partial charge in [0.15, 0.2) is 0 Å². The number of benzene rings is 1. The molecule has 1 N–H and O–H groups in total. The normalized spacial score (nSPS) is 18.8. The van der Waals surface area contributed by atoms with E-state index >= 15 is 0 Å². The quantitative estimate of drug-likeness (QED) is 0.688. The van der Waals surface area contributed by atoms with Crippen molar-refractivity contribution in [3.63, 3.8) is 0 Å². The summed E-state index contributed by atoms with van der Waals surface area (Å²) < 4.78 is 0. The summed E-state index contributed by atoms with van der Waals surface area (Å²) in [6.07, 6.45) is 1.94. The summed E-state index contributed by atoms with van der Waals surface area (Å²) in [7, 11) is 0. The second-order valence-electron chi connectivity index (χ2n) is 3.02. The topological polar surface area (TPSA) is 35.8 Å². The van der Waals surface area contributed by atoms with E-state index < -0.39 is 0 Å². The van der Waals surface area contributed by atoms with Gasteiger partial charge in [0.25, 0.3) is 0 Å². The molecular formula is C10H11ClN2. The van der Waals surface area contributed by atoms with Crippen LogP contribution in [-0.2, 0) is 6.42 Å². The highest BCUT2D eigenvalue weighted by atomic mass is 35.5. The predicted octanol–water partition coefficient (Wildman–Crippen LogP) is 2.36. The third-order valence-corrected chi connectivity index (χ3v) is 2.21. The van der Waals surface area contributed by atoms with Crippen LogP contribution in [-0.4, -0.2) is 6.04 Å². The van der Waals surface area contributed by atoms with E-state index in [-0.39, 0.29) is 18.4 Å². The monoisotopic (exact) mass is 194 g/mol. The molecule has 0 aliphatic carbocycles. The SMILES string of the molecule is Cl.N#CC1CCc2ccccc2N1. The van der Waals surface area contributed by atoms with Gasteiger partial charge in [-0.3, -0.25) is 0 Å². The van der Waals surface area contributed by atoms with Crippen molar-refractivity contribution < 1.29 is 0 Å². The summed E-state index contributed by atoms with van der Waals surface area (Å²) in [5, 5.41) is 11.9. The van der Waals surface area contributed by atoms with Crippen LogP contribution in [0.4, 0.5) is 5.69 Å². The summed E-state index contributed by atoms with van der Waals surface area (Å²) in [6, 6.07) is 10.4. The molecule has 0 spiro atoms. The minimum atomic E-state index is -0.0000926. The summed E-state index contributed by atoms with van der Waals surface area (Å²) >= 11 is 0. The van der Waals surface area contributed by atoms with E-state index in [2.05, 4.69) is 17.5 Å². The minimum absolute atomic E-state index is 0. The zero-order chi connectivity index (χ0) is 8.39. The van der Waals surface area contributed by atoms with E-state index in [1.54, 1.807) is 0 Å². The average molecular weight is 195 g/mol. The van der Waals surface area contributed by atoms with Crippen molar-refractivity contribution in [3.8, 4) is 6.07 Å². The number of para-hydroxylation sites is 1. The van der Waals surface area contributed by atoms with Crippen LogP contribution in [0.15, 0.2) is 24.3 Å². The van der Waals surface area contributed by atoms with Gasteiger partial charge in [-0.2, -0.15) is 5.26 Å². The second kappa shape index (κ2) is 4.15. The molecule has 1 unspecified atom stereocenters. The van der Waals surface area contributed by atoms with Crippen LogP contribution in [0.25, 0.3) is 0 Å². The van der Waals surface area contributed by atoms with E-state index in [1.807, 2.05) is 18.2 Å². The highest BCUT2D eigenvalue weighted by molar-refractivity contribution is 5.85. The Bertz CT molecular complexity index is 330. The fourth-order valence-electron chi connectivity index (χ4n) is 1.54. The molecule has 0 radical (unpaired) electrons. The van der Waals surface area contributed by atoms with Gasteiger partial charge >= 0.3 is 0 Å². The van der Waals surface area contributed by atoms with E-state index in [1.165, 1.54) is 5.56 Å². The van der Waals surface area contributed by atoms with Gasteiger partial charge in [-0.1, -0.05) is 18.2 Å². The Morgan fingerprint density at radius 2 is 2.15 bits per heavy atom. The molecule has 0 aromatic heterocycles. The maximum absolute atomic E-state index is 8.70. The number of nitriles is 1. The lowest BCUT2D eigenvalue weighted by molar-refractivity contribution is 0.740. The average Bonchev–Trinajstić information content (AvgIpc) is 2.17. The van der Waals surface area contributed by atoms with Crippen LogP contribution in [0.1, 0.15) is 12.0 Å². The maximum Gasteiger partial charge on any atom is 0.114 e. The Balaban J connectivity index is 0.000000845. The fraction of sp³-hybridized carbons (Fsp3) is 0.300. The van der Waals surface area contributed by atoms with Crippen molar-refractivity contribution >= 4 is 18.1 Å². The summed E-state index contributed by atoms with van der Waals surface area (Å²) in [5.41, 5.74) is 2.44. The molecule has 1 aromatic rings. The Hall–Kier alpha value is -1.20. The maximum atomic E-state index is 8.70. The smallest absolute Gasteiger partial charge is 0.114 e. The molecular weight excluding hydrogens is 184 g/mol. The first-order valence-electron chi connectivity index (χ1n) is 4.14. The number of hydrogen-bond donors (Lipinski definition) is 1. The van der Waals surface area contributed by atoms with Crippen LogP contribution in [0.2, 0.25) is 0 Å². The molecule has 1 aliphatic rings. The van der Waals surface area contributed by atoms with Gasteiger partial charge in [0, 0.05) is 5.69 Å². The number of aryl methyl sites for hydroxylation is 1. The summed E-state index contributed by atoms with van der Waals surface area (Å²) in [5.74, 6) is 0. The molecule has 0 amide bonds. The van der Waals surface area contributed by atoms with E-state index in [9.17, 15) is 0 Å². The molecule has 0 fully saturated rings. The van der Waals surface area contributed by atoms with Gasteiger partial charge in [0.05, 0.1) is 6.07 Å². The molecule has 1 atom stereocenters. The molecule has 2 rings (SSSR count). The number of fused-ring (bicyclic) bond motifs is 1. The van der Waals surface area contributed by atoms with Crippen LogP contribution < -0.4 is 5.32 Å². The molecule has 2 nitrogen and oxygen atoms in total. The van der Waals surface area contributed by atoms with Gasteiger partial charge < -0.3 is 5.32 Å². The molecule has 0 saturated carbocycles. The second-order valence-corrected chi connectivity index (χ2v) is 3.02. The third-order valence-electron chi connectivity index (χ3n) is 2.21. The Kier molecular flexibility index (Phi) is 3.16. The number of nitrogens with one attached hydrogen (secondary N) is 1. The zero-order valence-corrected chi connectivity index (χ0v) is 7.97. The molecule has 1 aliphatic heterocycles. The molecule has 0 bridgehead atoms. The number of anilines is 1. The summed E-state index contributed by atoms with van der Waals surface area (Å²) in [6.45, 7) is 0. The minimum Gasteiger partial charge on any atom is -0.370 e. The Labute approximate surface area is 84.0 Å². The van der Waals surface area contributed by atoms with Crippen molar-refractivity contribution in [1.82, 2.24) is 0 Å². The number of rotatable bonds is 0. The standard InChI is InChI=1S/C10H10N2.ClH/c11-7-9-6-5-8-3-1-2-4-10(8)12-9;/h1-4,9,12H,5-6H2;1H. The van der Waals surface area contributed by atoms with Gasteiger partial charge in [0.2, 0.25) is 0 Å². The lowest BCUT2D eigenvalue weighted by atomic mass is 9.99. The number of hydrogen-bond acceptors (Lipinski definition) is 2. The van der Waals surface area contributed by atoms with Crippen LogP contribution in [0.3, 0.4) is 0 Å². The molecule has 3 heteroatoms. The largest absolute Gasteiger partial charge is 0.370 e. The number of halogens is 1. The molecule has 1 heterocycles. The first kappa shape index (κ1) is 9.88. The fourth-order valence-corrected chi connectivity index (χ4v) is 1.54. The Morgan fingerprint density at radius 3 is 2.92 bits per heavy atom. The van der Waals surface area contributed by atoms with Gasteiger partial charge in [-0.25, -0.2) is 0 Å². The molecule has 13 heavy (non-hydrogen) atoms. The van der Waals surface area contributed by atoms with Gasteiger partial charge in [0.1, 0.15) is 6.04 Å². The predicted molar refractivity (Wildman–Crippen MR) is 55.0 cm³/mol. The first-order chi connectivity index (χ1) is 5.90. The van der Waals surface area contributed by atoms with Crippen LogP contribution >= 0.6 is 12.4 Å². The molecule has 68 valence electrons. The van der Waals surface area contributed by atoms with E-state index in [0.29, 0.717) is 0 Å². The number of nitrogens with zero attached hydrogens (tertiary/aromatic N) is 1. The third kappa shape index (κ3) is 1.93. The Morgan fingerprint density at radius 1 is 1.38 bits per heavy atom. The van der Waals surface area contributed by atoms with Crippen LogP contribution in [0, 0.1) is 11.3 Å².